The van der Waals surface area contributed by atoms with E-state index in [0.717, 1.165) is 22.5 Å². The van der Waals surface area contributed by atoms with E-state index in [-0.39, 0.29) is 6.10 Å². The fourth-order valence-electron chi connectivity index (χ4n) is 3.29. The summed E-state index contributed by atoms with van der Waals surface area (Å²) in [7, 11) is 0. The van der Waals surface area contributed by atoms with Crippen molar-refractivity contribution in [2.45, 2.75) is 68.6 Å². The first kappa shape index (κ1) is 14.5. The second-order valence-electron chi connectivity index (χ2n) is 6.40. The first-order valence-corrected chi connectivity index (χ1v) is 9.27. The smallest absolute Gasteiger partial charge is 0.0880 e. The van der Waals surface area contributed by atoms with Crippen LogP contribution in [0.3, 0.4) is 0 Å². The Kier molecular flexibility index (Phi) is 5.06. The fourth-order valence-corrected chi connectivity index (χ4v) is 4.60. The van der Waals surface area contributed by atoms with E-state index in [9.17, 15) is 5.11 Å². The summed E-state index contributed by atoms with van der Waals surface area (Å²) < 4.78 is 0. The van der Waals surface area contributed by atoms with Crippen LogP contribution in [0.1, 0.15) is 74.5 Å². The summed E-state index contributed by atoms with van der Waals surface area (Å²) in [5.41, 5.74) is 2.56. The van der Waals surface area contributed by atoms with Crippen molar-refractivity contribution in [3.63, 3.8) is 0 Å². The first-order chi connectivity index (χ1) is 9.83. The average Bonchev–Trinajstić information content (AvgIpc) is 2.45. The van der Waals surface area contributed by atoms with Crippen LogP contribution >= 0.6 is 11.8 Å². The van der Waals surface area contributed by atoms with E-state index < -0.39 is 0 Å². The van der Waals surface area contributed by atoms with Crippen molar-refractivity contribution in [1.29, 1.82) is 0 Å². The first-order valence-electron chi connectivity index (χ1n) is 8.22. The molecule has 1 unspecified atom stereocenters. The van der Waals surface area contributed by atoms with Crippen LogP contribution in [0.2, 0.25) is 0 Å². The third kappa shape index (κ3) is 3.59. The molecule has 20 heavy (non-hydrogen) atoms. The summed E-state index contributed by atoms with van der Waals surface area (Å²) in [5, 5.41) is 11.1. The summed E-state index contributed by atoms with van der Waals surface area (Å²) in [4.78, 5) is 0. The zero-order valence-electron chi connectivity index (χ0n) is 12.3. The molecule has 0 aromatic heterocycles. The minimum absolute atomic E-state index is 0.294. The van der Waals surface area contributed by atoms with E-state index in [4.69, 9.17) is 0 Å². The standard InChI is InChI=1S/C18H26OS/c19-18(13-20-17-7-2-1-3-8-17)16-11-9-15(10-12-16)14-5-4-6-14/h9-12,14,17-19H,1-8,13H2. The normalized spacial score (nSPS) is 22.4. The molecule has 2 aliphatic carbocycles. The minimum Gasteiger partial charge on any atom is -0.388 e. The molecule has 1 atom stereocenters. The van der Waals surface area contributed by atoms with Crippen LogP contribution in [0.15, 0.2) is 24.3 Å². The Morgan fingerprint density at radius 2 is 1.65 bits per heavy atom. The Morgan fingerprint density at radius 1 is 0.950 bits per heavy atom. The van der Waals surface area contributed by atoms with Gasteiger partial charge in [0.2, 0.25) is 0 Å². The maximum atomic E-state index is 10.3. The van der Waals surface area contributed by atoms with Crippen molar-refractivity contribution in [1.82, 2.24) is 0 Å². The van der Waals surface area contributed by atoms with Gasteiger partial charge in [0, 0.05) is 11.0 Å². The highest BCUT2D eigenvalue weighted by molar-refractivity contribution is 7.99. The van der Waals surface area contributed by atoms with Crippen LogP contribution in [-0.4, -0.2) is 16.1 Å². The lowest BCUT2D eigenvalue weighted by Crippen LogP contribution is -2.12. The van der Waals surface area contributed by atoms with Gasteiger partial charge in [0.15, 0.2) is 0 Å². The van der Waals surface area contributed by atoms with Gasteiger partial charge in [-0.1, -0.05) is 49.9 Å². The fraction of sp³-hybridized carbons (Fsp3) is 0.667. The molecule has 0 amide bonds. The summed E-state index contributed by atoms with van der Waals surface area (Å²) >= 11 is 1.98. The lowest BCUT2D eigenvalue weighted by molar-refractivity contribution is 0.204. The Bertz CT molecular complexity index is 404. The van der Waals surface area contributed by atoms with Crippen LogP contribution in [0, 0.1) is 0 Å². The highest BCUT2D eigenvalue weighted by atomic mass is 32.2. The molecular weight excluding hydrogens is 264 g/mol. The van der Waals surface area contributed by atoms with Gasteiger partial charge in [0.25, 0.3) is 0 Å². The Hall–Kier alpha value is -0.470. The van der Waals surface area contributed by atoms with E-state index in [0.29, 0.717) is 0 Å². The van der Waals surface area contributed by atoms with Crippen molar-refractivity contribution in [2.75, 3.05) is 5.75 Å². The molecule has 2 fully saturated rings. The zero-order valence-corrected chi connectivity index (χ0v) is 13.1. The van der Waals surface area contributed by atoms with Crippen LogP contribution in [-0.2, 0) is 0 Å². The lowest BCUT2D eigenvalue weighted by Gasteiger charge is -2.26. The molecule has 0 aliphatic heterocycles. The number of aliphatic hydroxyl groups excluding tert-OH is 1. The number of aliphatic hydroxyl groups is 1. The maximum absolute atomic E-state index is 10.3. The summed E-state index contributed by atoms with van der Waals surface area (Å²) in [6.07, 6.45) is 10.6. The van der Waals surface area contributed by atoms with Gasteiger partial charge in [-0.15, -0.1) is 0 Å². The van der Waals surface area contributed by atoms with Crippen LogP contribution in [0.4, 0.5) is 0 Å². The molecule has 2 saturated carbocycles. The van der Waals surface area contributed by atoms with Gasteiger partial charge >= 0.3 is 0 Å². The molecule has 0 heterocycles. The van der Waals surface area contributed by atoms with E-state index in [1.54, 1.807) is 0 Å². The molecule has 1 aromatic rings. The Labute approximate surface area is 127 Å². The Balaban J connectivity index is 1.49. The second kappa shape index (κ2) is 7.00. The molecule has 2 aliphatic rings. The number of rotatable bonds is 5. The molecule has 0 bridgehead atoms. The van der Waals surface area contributed by atoms with Gasteiger partial charge in [0.05, 0.1) is 6.10 Å². The third-order valence-electron chi connectivity index (χ3n) is 4.94. The van der Waals surface area contributed by atoms with Gasteiger partial charge in [-0.05, 0) is 42.7 Å². The summed E-state index contributed by atoms with van der Waals surface area (Å²) in [5.74, 6) is 1.64. The molecular formula is C18H26OS. The van der Waals surface area contributed by atoms with Crippen LogP contribution in [0.25, 0.3) is 0 Å². The molecule has 110 valence electrons. The van der Waals surface area contributed by atoms with E-state index in [1.807, 2.05) is 11.8 Å². The third-order valence-corrected chi connectivity index (χ3v) is 6.39. The van der Waals surface area contributed by atoms with Crippen molar-refractivity contribution in [3.05, 3.63) is 35.4 Å². The van der Waals surface area contributed by atoms with Gasteiger partial charge < -0.3 is 5.11 Å². The second-order valence-corrected chi connectivity index (χ2v) is 7.74. The molecule has 0 spiro atoms. The highest BCUT2D eigenvalue weighted by Gasteiger charge is 2.20. The molecule has 1 aromatic carbocycles. The monoisotopic (exact) mass is 290 g/mol. The zero-order chi connectivity index (χ0) is 13.8. The van der Waals surface area contributed by atoms with Crippen molar-refractivity contribution in [2.24, 2.45) is 0 Å². The lowest BCUT2D eigenvalue weighted by atomic mass is 9.80. The molecule has 2 heteroatoms. The largest absolute Gasteiger partial charge is 0.388 e. The molecule has 3 rings (SSSR count). The van der Waals surface area contributed by atoms with Crippen LogP contribution in [0.5, 0.6) is 0 Å². The SMILES string of the molecule is OC(CSC1CCCCC1)c1ccc(C2CCC2)cc1. The molecule has 1 N–H and O–H groups in total. The number of hydrogen-bond acceptors (Lipinski definition) is 2. The number of thioether (sulfide) groups is 1. The van der Waals surface area contributed by atoms with Gasteiger partial charge in [-0.3, -0.25) is 0 Å². The summed E-state index contributed by atoms with van der Waals surface area (Å²) in [6, 6.07) is 8.74. The minimum atomic E-state index is -0.294. The average molecular weight is 290 g/mol. The van der Waals surface area contributed by atoms with Crippen molar-refractivity contribution >= 4 is 11.8 Å². The Morgan fingerprint density at radius 3 is 2.25 bits per heavy atom. The van der Waals surface area contributed by atoms with Gasteiger partial charge in [-0.25, -0.2) is 0 Å². The van der Waals surface area contributed by atoms with Gasteiger partial charge in [-0.2, -0.15) is 11.8 Å². The van der Waals surface area contributed by atoms with E-state index in [2.05, 4.69) is 24.3 Å². The molecule has 0 radical (unpaired) electrons. The summed E-state index contributed by atoms with van der Waals surface area (Å²) in [6.45, 7) is 0. The van der Waals surface area contributed by atoms with Crippen molar-refractivity contribution in [3.8, 4) is 0 Å². The predicted molar refractivity (Wildman–Crippen MR) is 87.3 cm³/mol. The highest BCUT2D eigenvalue weighted by Crippen LogP contribution is 2.37. The topological polar surface area (TPSA) is 20.2 Å². The quantitative estimate of drug-likeness (QED) is 0.818. The number of hydrogen-bond donors (Lipinski definition) is 1. The predicted octanol–water partition coefficient (Wildman–Crippen LogP) is 5.05. The van der Waals surface area contributed by atoms with Crippen LogP contribution < -0.4 is 0 Å². The van der Waals surface area contributed by atoms with Crippen molar-refractivity contribution < 1.29 is 5.11 Å². The van der Waals surface area contributed by atoms with Gasteiger partial charge in [0.1, 0.15) is 0 Å². The molecule has 1 nitrogen and oxygen atoms in total. The van der Waals surface area contributed by atoms with E-state index >= 15 is 0 Å². The molecule has 0 saturated heterocycles. The number of benzene rings is 1. The maximum Gasteiger partial charge on any atom is 0.0880 e. The van der Waals surface area contributed by atoms with E-state index in [1.165, 1.54) is 56.9 Å².